The molecular formula is C19H18N2O2. The molecule has 0 aliphatic heterocycles. The van der Waals surface area contributed by atoms with E-state index in [0.717, 1.165) is 17.7 Å². The average Bonchev–Trinajstić information content (AvgIpc) is 3.04. The fourth-order valence-electron chi connectivity index (χ4n) is 2.29. The van der Waals surface area contributed by atoms with Crippen LogP contribution in [-0.2, 0) is 17.6 Å². The van der Waals surface area contributed by atoms with E-state index in [-0.39, 0.29) is 12.3 Å². The number of rotatable bonds is 5. The van der Waals surface area contributed by atoms with E-state index in [1.807, 2.05) is 54.6 Å². The molecule has 0 fully saturated rings. The smallest absolute Gasteiger partial charge is 0.230 e. The van der Waals surface area contributed by atoms with Crippen LogP contribution in [0.25, 0.3) is 11.5 Å². The molecule has 116 valence electrons. The van der Waals surface area contributed by atoms with Crippen LogP contribution in [0.3, 0.4) is 0 Å². The number of carbonyl (C=O) groups excluding carboxylic acids is 1. The third-order valence-electron chi connectivity index (χ3n) is 3.56. The van der Waals surface area contributed by atoms with Crippen LogP contribution in [0.4, 0.5) is 5.69 Å². The van der Waals surface area contributed by atoms with E-state index in [4.69, 9.17) is 4.42 Å². The van der Waals surface area contributed by atoms with Gasteiger partial charge in [-0.05, 0) is 36.2 Å². The summed E-state index contributed by atoms with van der Waals surface area (Å²) in [6, 6.07) is 17.5. The first kappa shape index (κ1) is 15.0. The molecule has 0 spiro atoms. The van der Waals surface area contributed by atoms with E-state index in [9.17, 15) is 4.79 Å². The summed E-state index contributed by atoms with van der Waals surface area (Å²) in [7, 11) is 0. The van der Waals surface area contributed by atoms with Crippen LogP contribution in [0.2, 0.25) is 0 Å². The van der Waals surface area contributed by atoms with Crippen molar-refractivity contribution in [1.29, 1.82) is 0 Å². The standard InChI is InChI=1S/C19H18N2O2/c1-2-14-8-10-16(11-9-14)20-18(22)12-17-13-23-19(21-17)15-6-4-3-5-7-15/h3-11,13H,2,12H2,1H3,(H,20,22). The Kier molecular flexibility index (Phi) is 4.52. The molecule has 0 unspecified atom stereocenters. The van der Waals surface area contributed by atoms with Gasteiger partial charge in [-0.25, -0.2) is 4.98 Å². The predicted octanol–water partition coefficient (Wildman–Crippen LogP) is 4.09. The number of benzene rings is 2. The maximum atomic E-state index is 12.1. The number of aromatic nitrogens is 1. The van der Waals surface area contributed by atoms with Crippen LogP contribution in [0.15, 0.2) is 65.3 Å². The second-order valence-electron chi connectivity index (χ2n) is 5.29. The topological polar surface area (TPSA) is 55.1 Å². The van der Waals surface area contributed by atoms with Gasteiger partial charge in [0.2, 0.25) is 11.8 Å². The fraction of sp³-hybridized carbons (Fsp3) is 0.158. The molecular weight excluding hydrogens is 288 g/mol. The average molecular weight is 306 g/mol. The quantitative estimate of drug-likeness (QED) is 0.772. The van der Waals surface area contributed by atoms with Gasteiger partial charge < -0.3 is 9.73 Å². The Bertz CT molecular complexity index is 777. The number of nitrogens with one attached hydrogen (secondary N) is 1. The van der Waals surface area contributed by atoms with Crippen molar-refractivity contribution >= 4 is 11.6 Å². The molecule has 1 aromatic heterocycles. The second kappa shape index (κ2) is 6.92. The van der Waals surface area contributed by atoms with Gasteiger partial charge in [0.25, 0.3) is 0 Å². The van der Waals surface area contributed by atoms with E-state index < -0.39 is 0 Å². The largest absolute Gasteiger partial charge is 0.444 e. The van der Waals surface area contributed by atoms with Crippen LogP contribution < -0.4 is 5.32 Å². The lowest BCUT2D eigenvalue weighted by Crippen LogP contribution is -2.14. The Morgan fingerprint density at radius 3 is 2.52 bits per heavy atom. The van der Waals surface area contributed by atoms with Gasteiger partial charge >= 0.3 is 0 Å². The Hall–Kier alpha value is -2.88. The Morgan fingerprint density at radius 2 is 1.83 bits per heavy atom. The van der Waals surface area contributed by atoms with Crippen molar-refractivity contribution in [3.8, 4) is 11.5 Å². The van der Waals surface area contributed by atoms with Crippen molar-refractivity contribution in [3.63, 3.8) is 0 Å². The minimum atomic E-state index is -0.109. The van der Waals surface area contributed by atoms with Crippen LogP contribution in [0.1, 0.15) is 18.2 Å². The van der Waals surface area contributed by atoms with Crippen LogP contribution in [0.5, 0.6) is 0 Å². The predicted molar refractivity (Wildman–Crippen MR) is 90.1 cm³/mol. The van der Waals surface area contributed by atoms with Gasteiger partial charge in [0, 0.05) is 11.3 Å². The molecule has 4 nitrogen and oxygen atoms in total. The number of nitrogens with zero attached hydrogens (tertiary/aromatic N) is 1. The molecule has 3 rings (SSSR count). The summed E-state index contributed by atoms with van der Waals surface area (Å²) in [5, 5.41) is 2.87. The highest BCUT2D eigenvalue weighted by Crippen LogP contribution is 2.18. The number of oxazole rings is 1. The molecule has 1 N–H and O–H groups in total. The van der Waals surface area contributed by atoms with E-state index in [0.29, 0.717) is 11.6 Å². The molecule has 0 atom stereocenters. The lowest BCUT2D eigenvalue weighted by molar-refractivity contribution is -0.115. The van der Waals surface area contributed by atoms with Crippen LogP contribution in [0, 0.1) is 0 Å². The van der Waals surface area contributed by atoms with Crippen LogP contribution in [-0.4, -0.2) is 10.9 Å². The first-order valence-electron chi connectivity index (χ1n) is 7.63. The monoisotopic (exact) mass is 306 g/mol. The third kappa shape index (κ3) is 3.86. The number of hydrogen-bond donors (Lipinski definition) is 1. The summed E-state index contributed by atoms with van der Waals surface area (Å²) in [4.78, 5) is 16.5. The molecule has 0 bridgehead atoms. The fourth-order valence-corrected chi connectivity index (χ4v) is 2.29. The third-order valence-corrected chi connectivity index (χ3v) is 3.56. The van der Waals surface area contributed by atoms with Crippen molar-refractivity contribution in [2.45, 2.75) is 19.8 Å². The molecule has 0 aliphatic carbocycles. The van der Waals surface area contributed by atoms with Crippen molar-refractivity contribution in [1.82, 2.24) is 4.98 Å². The minimum absolute atomic E-state index is 0.109. The van der Waals surface area contributed by atoms with Gasteiger partial charge in [0.05, 0.1) is 12.1 Å². The van der Waals surface area contributed by atoms with Crippen molar-refractivity contribution < 1.29 is 9.21 Å². The van der Waals surface area contributed by atoms with Crippen molar-refractivity contribution in [2.24, 2.45) is 0 Å². The van der Waals surface area contributed by atoms with E-state index in [2.05, 4.69) is 17.2 Å². The molecule has 23 heavy (non-hydrogen) atoms. The highest BCUT2D eigenvalue weighted by molar-refractivity contribution is 5.92. The Morgan fingerprint density at radius 1 is 1.09 bits per heavy atom. The Balaban J connectivity index is 1.63. The minimum Gasteiger partial charge on any atom is -0.444 e. The molecule has 0 saturated heterocycles. The lowest BCUT2D eigenvalue weighted by atomic mass is 10.1. The molecule has 3 aromatic rings. The molecule has 1 heterocycles. The normalized spacial score (nSPS) is 10.5. The van der Waals surface area contributed by atoms with Gasteiger partial charge in [-0.2, -0.15) is 0 Å². The summed E-state index contributed by atoms with van der Waals surface area (Å²) in [6.45, 7) is 2.10. The zero-order chi connectivity index (χ0) is 16.1. The van der Waals surface area contributed by atoms with E-state index >= 15 is 0 Å². The molecule has 4 heteroatoms. The van der Waals surface area contributed by atoms with Gasteiger partial charge in [-0.15, -0.1) is 0 Å². The highest BCUT2D eigenvalue weighted by atomic mass is 16.3. The number of anilines is 1. The first-order valence-corrected chi connectivity index (χ1v) is 7.63. The SMILES string of the molecule is CCc1ccc(NC(=O)Cc2coc(-c3ccccc3)n2)cc1. The second-order valence-corrected chi connectivity index (χ2v) is 5.29. The molecule has 0 radical (unpaired) electrons. The van der Waals surface area contributed by atoms with E-state index in [1.165, 1.54) is 11.8 Å². The summed E-state index contributed by atoms with van der Waals surface area (Å²) >= 11 is 0. The van der Waals surface area contributed by atoms with Gasteiger partial charge in [-0.1, -0.05) is 37.3 Å². The number of carbonyl (C=O) groups is 1. The number of aryl methyl sites for hydroxylation is 1. The Labute approximate surface area is 135 Å². The zero-order valence-corrected chi connectivity index (χ0v) is 13.0. The number of amides is 1. The van der Waals surface area contributed by atoms with E-state index in [1.54, 1.807) is 0 Å². The lowest BCUT2D eigenvalue weighted by Gasteiger charge is -2.04. The van der Waals surface area contributed by atoms with Gasteiger partial charge in [-0.3, -0.25) is 4.79 Å². The molecule has 0 saturated carbocycles. The van der Waals surface area contributed by atoms with Crippen molar-refractivity contribution in [3.05, 3.63) is 72.1 Å². The maximum Gasteiger partial charge on any atom is 0.230 e. The molecule has 1 amide bonds. The van der Waals surface area contributed by atoms with Crippen molar-refractivity contribution in [2.75, 3.05) is 5.32 Å². The summed E-state index contributed by atoms with van der Waals surface area (Å²) in [5.41, 5.74) is 3.55. The highest BCUT2D eigenvalue weighted by Gasteiger charge is 2.10. The molecule has 0 aliphatic rings. The molecule has 2 aromatic carbocycles. The number of hydrogen-bond acceptors (Lipinski definition) is 3. The van der Waals surface area contributed by atoms with Gasteiger partial charge in [0.1, 0.15) is 6.26 Å². The zero-order valence-electron chi connectivity index (χ0n) is 13.0. The maximum absolute atomic E-state index is 12.1. The summed E-state index contributed by atoms with van der Waals surface area (Å²) < 4.78 is 5.44. The van der Waals surface area contributed by atoms with Gasteiger partial charge in [0.15, 0.2) is 0 Å². The van der Waals surface area contributed by atoms with Crippen LogP contribution >= 0.6 is 0 Å². The first-order chi connectivity index (χ1) is 11.2. The summed E-state index contributed by atoms with van der Waals surface area (Å²) in [5.74, 6) is 0.419. The summed E-state index contributed by atoms with van der Waals surface area (Å²) in [6.07, 6.45) is 2.70.